The number of amides is 2. The van der Waals surface area contributed by atoms with Gasteiger partial charge in [0.25, 0.3) is 0 Å². The van der Waals surface area contributed by atoms with Crippen molar-refractivity contribution in [1.82, 2.24) is 9.97 Å². The summed E-state index contributed by atoms with van der Waals surface area (Å²) in [6.45, 7) is 0. The largest absolute Gasteiger partial charge is 0.507 e. The number of carbonyl (C=O) groups excluding carboxylic acids is 2. The number of hydrogen-bond acceptors (Lipinski definition) is 12. The zero-order chi connectivity index (χ0) is 37.9. The third-order valence-corrected chi connectivity index (χ3v) is 9.63. The third-order valence-electron chi connectivity index (χ3n) is 8.52. The van der Waals surface area contributed by atoms with E-state index < -0.39 is 0 Å². The number of aromatic nitrogens is 2. The Morgan fingerprint density at radius 2 is 1.07 bits per heavy atom. The summed E-state index contributed by atoms with van der Waals surface area (Å²) in [4.78, 5) is 36.5. The van der Waals surface area contributed by atoms with Gasteiger partial charge in [-0.25, -0.2) is 9.97 Å². The SMILES string of the molecule is N#Cc1c(-c2ccccc2O)cc(CC(=O)Nc2ccc3c(c2)Sc2cc(NC(=O)Cc4cc(-c5ccccc5O)c(C#N)c(N)n4)ccc2N3)nc1N. The Hall–Kier alpha value is -7.55. The number of nitrogen functional groups attached to an aromatic ring is 2. The van der Waals surface area contributed by atoms with Crippen LogP contribution in [0.25, 0.3) is 22.3 Å². The topological polar surface area (TPSA) is 236 Å². The molecule has 0 bridgehead atoms. The van der Waals surface area contributed by atoms with E-state index in [2.05, 4.69) is 25.9 Å². The molecule has 0 spiro atoms. The van der Waals surface area contributed by atoms with Crippen molar-refractivity contribution in [2.24, 2.45) is 0 Å². The molecule has 0 aliphatic carbocycles. The monoisotopic (exact) mass is 731 g/mol. The number of rotatable bonds is 8. The molecule has 0 saturated carbocycles. The van der Waals surface area contributed by atoms with Gasteiger partial charge in [-0.2, -0.15) is 10.5 Å². The van der Waals surface area contributed by atoms with Gasteiger partial charge in [0.05, 0.1) is 35.6 Å². The Labute approximate surface area is 312 Å². The number of aromatic hydroxyl groups is 2. The van der Waals surface area contributed by atoms with Crippen LogP contribution in [0.3, 0.4) is 0 Å². The number of carbonyl (C=O) groups is 2. The quantitative estimate of drug-likeness (QED) is 0.0865. The number of pyridine rings is 2. The van der Waals surface area contributed by atoms with Gasteiger partial charge in [0.1, 0.15) is 46.4 Å². The first-order valence-electron chi connectivity index (χ1n) is 16.4. The maximum absolute atomic E-state index is 13.2. The summed E-state index contributed by atoms with van der Waals surface area (Å²) in [7, 11) is 0. The van der Waals surface area contributed by atoms with E-state index in [1.807, 2.05) is 36.4 Å². The van der Waals surface area contributed by atoms with Crippen LogP contribution in [0.4, 0.5) is 34.4 Å². The van der Waals surface area contributed by atoms with Crippen LogP contribution in [0.1, 0.15) is 22.5 Å². The molecule has 0 atom stereocenters. The Balaban J connectivity index is 1.03. The van der Waals surface area contributed by atoms with Crippen LogP contribution in [0.2, 0.25) is 0 Å². The molecule has 9 N–H and O–H groups in total. The van der Waals surface area contributed by atoms with Crippen molar-refractivity contribution in [2.75, 3.05) is 27.4 Å². The molecule has 264 valence electrons. The van der Waals surface area contributed by atoms with Gasteiger partial charge in [-0.05, 0) is 60.7 Å². The smallest absolute Gasteiger partial charge is 0.230 e. The van der Waals surface area contributed by atoms with Gasteiger partial charge in [-0.15, -0.1) is 0 Å². The number of phenolic OH excluding ortho intramolecular Hbond substituents is 2. The maximum atomic E-state index is 13.2. The highest BCUT2D eigenvalue weighted by molar-refractivity contribution is 7.99. The average Bonchev–Trinajstić information content (AvgIpc) is 3.14. The zero-order valence-electron chi connectivity index (χ0n) is 28.2. The van der Waals surface area contributed by atoms with Gasteiger partial charge in [-0.1, -0.05) is 48.2 Å². The number of nitrogens with zero attached hydrogens (tertiary/aromatic N) is 4. The first kappa shape index (κ1) is 34.9. The Kier molecular flexibility index (Phi) is 9.42. The summed E-state index contributed by atoms with van der Waals surface area (Å²) in [6, 6.07) is 31.2. The van der Waals surface area contributed by atoms with E-state index in [-0.39, 0.29) is 58.9 Å². The van der Waals surface area contributed by atoms with Crippen molar-refractivity contribution in [3.8, 4) is 45.9 Å². The summed E-state index contributed by atoms with van der Waals surface area (Å²) < 4.78 is 0. The van der Waals surface area contributed by atoms with Gasteiger partial charge in [0.15, 0.2) is 0 Å². The van der Waals surface area contributed by atoms with Crippen molar-refractivity contribution in [2.45, 2.75) is 22.6 Å². The zero-order valence-corrected chi connectivity index (χ0v) is 29.0. The molecule has 54 heavy (non-hydrogen) atoms. The Bertz CT molecular complexity index is 2420. The number of nitriles is 2. The molecular formula is C40H29N9O4S. The first-order valence-corrected chi connectivity index (χ1v) is 17.2. The molecule has 1 aliphatic rings. The van der Waals surface area contributed by atoms with Crippen molar-refractivity contribution >= 4 is 58.0 Å². The van der Waals surface area contributed by atoms with Gasteiger partial charge >= 0.3 is 0 Å². The lowest BCUT2D eigenvalue weighted by molar-refractivity contribution is -0.116. The van der Waals surface area contributed by atoms with Crippen LogP contribution in [-0.2, 0) is 22.4 Å². The summed E-state index contributed by atoms with van der Waals surface area (Å²) in [5.74, 6) is -0.865. The lowest BCUT2D eigenvalue weighted by atomic mass is 9.99. The van der Waals surface area contributed by atoms with Crippen LogP contribution < -0.4 is 27.4 Å². The number of anilines is 6. The number of benzene rings is 4. The van der Waals surface area contributed by atoms with E-state index in [0.29, 0.717) is 45.0 Å². The Morgan fingerprint density at radius 3 is 1.48 bits per heavy atom. The minimum Gasteiger partial charge on any atom is -0.507 e. The second-order valence-corrected chi connectivity index (χ2v) is 13.3. The highest BCUT2D eigenvalue weighted by atomic mass is 32.2. The van der Waals surface area contributed by atoms with Crippen LogP contribution in [0.15, 0.2) is 107 Å². The van der Waals surface area contributed by atoms with E-state index in [0.717, 1.165) is 21.2 Å². The van der Waals surface area contributed by atoms with Gasteiger partial charge in [0, 0.05) is 43.4 Å². The molecule has 7 rings (SSSR count). The molecule has 0 unspecified atom stereocenters. The Morgan fingerprint density at radius 1 is 0.648 bits per heavy atom. The standard InChI is InChI=1S/C40H29N9O4S/c41-19-29-27(25-5-1-3-7-33(25)50)13-23(47-39(29)43)17-37(52)45-21-9-11-31-35(15-21)54-36-16-22(10-12-32(36)49-31)46-38(53)18-24-14-28(30(20-42)40(44)48-24)26-6-2-4-8-34(26)51/h1-16,49-51H,17-18H2,(H2,43,47)(H2,44,48)(H,45,52)(H,46,53). The summed E-state index contributed by atoms with van der Waals surface area (Å²) >= 11 is 1.46. The van der Waals surface area contributed by atoms with E-state index in [1.54, 1.807) is 60.7 Å². The number of hydrogen-bond donors (Lipinski definition) is 7. The average molecular weight is 732 g/mol. The predicted octanol–water partition coefficient (Wildman–Crippen LogP) is 6.70. The second-order valence-electron chi connectivity index (χ2n) is 12.2. The fraction of sp³-hybridized carbons (Fsp3) is 0.0500. The fourth-order valence-electron chi connectivity index (χ4n) is 6.06. The van der Waals surface area contributed by atoms with Crippen molar-refractivity contribution in [3.63, 3.8) is 0 Å². The number of phenols is 2. The van der Waals surface area contributed by atoms with Crippen LogP contribution in [-0.4, -0.2) is 32.0 Å². The highest BCUT2D eigenvalue weighted by Crippen LogP contribution is 2.46. The molecule has 2 aromatic heterocycles. The minimum atomic E-state index is -0.361. The highest BCUT2D eigenvalue weighted by Gasteiger charge is 2.21. The maximum Gasteiger partial charge on any atom is 0.230 e. The van der Waals surface area contributed by atoms with Crippen molar-refractivity contribution in [3.05, 3.63) is 120 Å². The molecule has 6 aromatic rings. The van der Waals surface area contributed by atoms with Crippen molar-refractivity contribution in [1.29, 1.82) is 10.5 Å². The molecular weight excluding hydrogens is 703 g/mol. The van der Waals surface area contributed by atoms with Crippen LogP contribution in [0, 0.1) is 22.7 Å². The second kappa shape index (κ2) is 14.6. The van der Waals surface area contributed by atoms with Crippen LogP contribution >= 0.6 is 11.8 Å². The van der Waals surface area contributed by atoms with E-state index in [9.17, 15) is 30.3 Å². The molecule has 4 aromatic carbocycles. The summed E-state index contributed by atoms with van der Waals surface area (Å²) in [5.41, 5.74) is 17.3. The summed E-state index contributed by atoms with van der Waals surface area (Å²) in [5, 5.41) is 49.3. The molecule has 14 heteroatoms. The predicted molar refractivity (Wildman–Crippen MR) is 206 cm³/mol. The van der Waals surface area contributed by atoms with E-state index >= 15 is 0 Å². The van der Waals surface area contributed by atoms with Crippen LogP contribution in [0.5, 0.6) is 11.5 Å². The van der Waals surface area contributed by atoms with Gasteiger partial charge < -0.3 is 37.6 Å². The van der Waals surface area contributed by atoms with Gasteiger partial charge in [0.2, 0.25) is 11.8 Å². The molecule has 0 fully saturated rings. The molecule has 0 radical (unpaired) electrons. The number of nitrogens with two attached hydrogens (primary N) is 2. The lowest BCUT2D eigenvalue weighted by Crippen LogP contribution is -2.16. The van der Waals surface area contributed by atoms with Gasteiger partial charge in [-0.3, -0.25) is 9.59 Å². The number of nitrogens with one attached hydrogen (secondary N) is 3. The van der Waals surface area contributed by atoms with E-state index in [4.69, 9.17) is 11.5 Å². The molecule has 0 saturated heterocycles. The molecule has 1 aliphatic heterocycles. The molecule has 2 amide bonds. The third kappa shape index (κ3) is 7.13. The van der Waals surface area contributed by atoms with Crippen molar-refractivity contribution < 1.29 is 19.8 Å². The lowest BCUT2D eigenvalue weighted by Gasteiger charge is -2.22. The normalized spacial score (nSPS) is 11.2. The molecule has 3 heterocycles. The number of fused-ring (bicyclic) bond motifs is 2. The van der Waals surface area contributed by atoms with E-state index in [1.165, 1.54) is 23.9 Å². The molecule has 13 nitrogen and oxygen atoms in total. The number of para-hydroxylation sites is 2. The summed E-state index contributed by atoms with van der Waals surface area (Å²) in [6.07, 6.45) is -0.267. The minimum absolute atomic E-state index is 0.0301. The first-order chi connectivity index (χ1) is 26.1. The fourth-order valence-corrected chi connectivity index (χ4v) is 7.13.